The first-order valence-corrected chi connectivity index (χ1v) is 9.65. The Morgan fingerprint density at radius 3 is 1.77 bits per heavy atom. The van der Waals surface area contributed by atoms with E-state index in [0.717, 1.165) is 0 Å². The molecule has 26 heavy (non-hydrogen) atoms. The van der Waals surface area contributed by atoms with Crippen LogP contribution < -0.4 is 4.90 Å². The molecular weight excluding hydrogens is 334 g/mol. The van der Waals surface area contributed by atoms with Crippen molar-refractivity contribution in [2.75, 3.05) is 19.0 Å². The van der Waals surface area contributed by atoms with Crippen molar-refractivity contribution in [1.29, 1.82) is 0 Å². The summed E-state index contributed by atoms with van der Waals surface area (Å²) < 4.78 is 1.38. The molecule has 0 spiro atoms. The van der Waals surface area contributed by atoms with Crippen LogP contribution in [0.3, 0.4) is 0 Å². The summed E-state index contributed by atoms with van der Waals surface area (Å²) in [4.78, 5) is 3.46. The van der Waals surface area contributed by atoms with Gasteiger partial charge in [0, 0.05) is 40.1 Å². The van der Waals surface area contributed by atoms with Crippen LogP contribution in [-0.2, 0) is 0 Å². The third kappa shape index (κ3) is 2.30. The summed E-state index contributed by atoms with van der Waals surface area (Å²) in [6, 6.07) is 28.7. The fraction of sp³-hybridized carbons (Fsp3) is 0.0833. The second-order valence-electron chi connectivity index (χ2n) is 6.89. The molecule has 1 aromatic heterocycles. The predicted octanol–water partition coefficient (Wildman–Crippen LogP) is 6.94. The van der Waals surface area contributed by atoms with Crippen molar-refractivity contribution in [2.24, 2.45) is 0 Å². The smallest absolute Gasteiger partial charge is 0.0434 e. The Balaban J connectivity index is 1.82. The van der Waals surface area contributed by atoms with Crippen molar-refractivity contribution in [3.05, 3.63) is 78.9 Å². The molecule has 0 aliphatic heterocycles. The first-order chi connectivity index (χ1) is 12.7. The van der Waals surface area contributed by atoms with Crippen LogP contribution in [-0.4, -0.2) is 14.1 Å². The fourth-order valence-electron chi connectivity index (χ4n) is 3.73. The lowest BCUT2D eigenvalue weighted by atomic mass is 9.98. The number of hydrogen-bond acceptors (Lipinski definition) is 2. The summed E-state index contributed by atoms with van der Waals surface area (Å²) in [5.41, 5.74) is 2.51. The molecule has 0 unspecified atom stereocenters. The summed E-state index contributed by atoms with van der Waals surface area (Å²) in [7, 11) is 4.15. The monoisotopic (exact) mass is 353 g/mol. The largest absolute Gasteiger partial charge is 0.378 e. The molecule has 0 bridgehead atoms. The van der Waals surface area contributed by atoms with Crippen LogP contribution in [0, 0.1) is 0 Å². The van der Waals surface area contributed by atoms with E-state index in [1.165, 1.54) is 47.8 Å². The number of thiophene rings is 1. The molecule has 1 heterocycles. The minimum atomic E-state index is 1.23. The number of hydrogen-bond donors (Lipinski definition) is 0. The summed E-state index contributed by atoms with van der Waals surface area (Å²) in [5.74, 6) is 0. The molecule has 0 radical (unpaired) electrons. The predicted molar refractivity (Wildman–Crippen MR) is 117 cm³/mol. The van der Waals surface area contributed by atoms with E-state index in [0.29, 0.717) is 0 Å². The summed E-state index contributed by atoms with van der Waals surface area (Å²) in [5, 5.41) is 6.72. The van der Waals surface area contributed by atoms with Gasteiger partial charge >= 0.3 is 0 Å². The fourth-order valence-corrected chi connectivity index (χ4v) is 4.94. The number of nitrogens with zero attached hydrogens (tertiary/aromatic N) is 1. The third-order valence-electron chi connectivity index (χ3n) is 5.08. The maximum Gasteiger partial charge on any atom is 0.0434 e. The van der Waals surface area contributed by atoms with Gasteiger partial charge in [0.15, 0.2) is 0 Å². The van der Waals surface area contributed by atoms with Gasteiger partial charge in [0.05, 0.1) is 0 Å². The Labute approximate surface area is 157 Å². The van der Waals surface area contributed by atoms with Gasteiger partial charge in [-0.05, 0) is 39.9 Å². The maximum atomic E-state index is 2.36. The molecule has 0 saturated carbocycles. The molecule has 126 valence electrons. The highest BCUT2D eigenvalue weighted by Crippen LogP contribution is 2.42. The second kappa shape index (κ2) is 5.86. The first kappa shape index (κ1) is 15.4. The van der Waals surface area contributed by atoms with Crippen molar-refractivity contribution in [3.63, 3.8) is 0 Å². The van der Waals surface area contributed by atoms with Crippen LogP contribution >= 0.6 is 11.3 Å². The Kier molecular flexibility index (Phi) is 3.47. The quantitative estimate of drug-likeness (QED) is 0.311. The topological polar surface area (TPSA) is 3.24 Å². The Hall–Kier alpha value is -2.84. The van der Waals surface area contributed by atoms with Gasteiger partial charge < -0.3 is 4.90 Å². The highest BCUT2D eigenvalue weighted by atomic mass is 32.1. The van der Waals surface area contributed by atoms with Gasteiger partial charge in [0.25, 0.3) is 0 Å². The molecule has 5 rings (SSSR count). The molecule has 0 aliphatic carbocycles. The van der Waals surface area contributed by atoms with Crippen molar-refractivity contribution in [1.82, 2.24) is 0 Å². The van der Waals surface area contributed by atoms with Crippen LogP contribution in [0.4, 0.5) is 5.69 Å². The highest BCUT2D eigenvalue weighted by molar-refractivity contribution is 7.23. The number of anilines is 1. The molecule has 0 saturated heterocycles. The maximum absolute atomic E-state index is 2.36. The standard InChI is InChI=1S/C24H19NS/c1-25(2)17-13-11-16(12-14-17)23-15-22-20-9-4-3-7-18(20)19-8-5-6-10-21(19)24(22)26-23/h3-15H,1-2H3. The van der Waals surface area contributed by atoms with Crippen molar-refractivity contribution < 1.29 is 0 Å². The zero-order valence-corrected chi connectivity index (χ0v) is 15.7. The number of rotatable bonds is 2. The van der Waals surface area contributed by atoms with Crippen LogP contribution in [0.1, 0.15) is 0 Å². The first-order valence-electron chi connectivity index (χ1n) is 8.83. The zero-order valence-electron chi connectivity index (χ0n) is 14.9. The zero-order chi connectivity index (χ0) is 17.7. The van der Waals surface area contributed by atoms with E-state index in [4.69, 9.17) is 0 Å². The van der Waals surface area contributed by atoms with Gasteiger partial charge in [-0.25, -0.2) is 0 Å². The second-order valence-corrected chi connectivity index (χ2v) is 7.94. The van der Waals surface area contributed by atoms with Crippen molar-refractivity contribution >= 4 is 48.7 Å². The Bertz CT molecular complexity index is 1170. The van der Waals surface area contributed by atoms with Crippen LogP contribution in [0.15, 0.2) is 78.9 Å². The highest BCUT2D eigenvalue weighted by Gasteiger charge is 2.12. The Morgan fingerprint density at radius 2 is 1.15 bits per heavy atom. The van der Waals surface area contributed by atoms with Gasteiger partial charge in [0.1, 0.15) is 0 Å². The molecule has 5 aromatic rings. The van der Waals surface area contributed by atoms with E-state index in [9.17, 15) is 0 Å². The molecule has 0 fully saturated rings. The van der Waals surface area contributed by atoms with Crippen molar-refractivity contribution in [3.8, 4) is 10.4 Å². The van der Waals surface area contributed by atoms with E-state index in [-0.39, 0.29) is 0 Å². The van der Waals surface area contributed by atoms with Gasteiger partial charge in [-0.2, -0.15) is 0 Å². The van der Waals surface area contributed by atoms with Gasteiger partial charge in [0.2, 0.25) is 0 Å². The average Bonchev–Trinajstić information content (AvgIpc) is 3.14. The van der Waals surface area contributed by atoms with Gasteiger partial charge in [-0.15, -0.1) is 11.3 Å². The molecule has 0 aliphatic rings. The summed E-state index contributed by atoms with van der Waals surface area (Å²) in [6.07, 6.45) is 0. The number of benzene rings is 4. The SMILES string of the molecule is CN(C)c1ccc(-c2cc3c4ccccc4c4ccccc4c3s2)cc1. The van der Waals surface area contributed by atoms with E-state index in [1.807, 2.05) is 11.3 Å². The summed E-state index contributed by atoms with van der Waals surface area (Å²) >= 11 is 1.90. The molecule has 0 atom stereocenters. The molecule has 0 N–H and O–H groups in total. The lowest BCUT2D eigenvalue weighted by molar-refractivity contribution is 1.13. The minimum absolute atomic E-state index is 1.23. The van der Waals surface area contributed by atoms with Crippen LogP contribution in [0.5, 0.6) is 0 Å². The van der Waals surface area contributed by atoms with Gasteiger partial charge in [-0.3, -0.25) is 0 Å². The van der Waals surface area contributed by atoms with E-state index >= 15 is 0 Å². The third-order valence-corrected chi connectivity index (χ3v) is 6.30. The number of fused-ring (bicyclic) bond motifs is 6. The van der Waals surface area contributed by atoms with Crippen LogP contribution in [0.25, 0.3) is 42.1 Å². The molecular formula is C24H19NS. The van der Waals surface area contributed by atoms with E-state index < -0.39 is 0 Å². The molecule has 2 heteroatoms. The minimum Gasteiger partial charge on any atom is -0.378 e. The van der Waals surface area contributed by atoms with E-state index in [1.54, 1.807) is 0 Å². The molecule has 1 nitrogen and oxygen atoms in total. The van der Waals surface area contributed by atoms with Crippen molar-refractivity contribution in [2.45, 2.75) is 0 Å². The van der Waals surface area contributed by atoms with Crippen LogP contribution in [0.2, 0.25) is 0 Å². The van der Waals surface area contributed by atoms with E-state index in [2.05, 4.69) is 97.9 Å². The summed E-state index contributed by atoms with van der Waals surface area (Å²) in [6.45, 7) is 0. The molecule has 4 aromatic carbocycles. The average molecular weight is 353 g/mol. The molecule has 0 amide bonds. The normalized spacial score (nSPS) is 11.5. The lowest BCUT2D eigenvalue weighted by Crippen LogP contribution is -2.07. The van der Waals surface area contributed by atoms with Gasteiger partial charge in [-0.1, -0.05) is 60.7 Å². The Morgan fingerprint density at radius 1 is 0.615 bits per heavy atom. The lowest BCUT2D eigenvalue weighted by Gasteiger charge is -2.12.